The number of nitrogens with zero attached hydrogens (tertiary/aromatic N) is 4. The first kappa shape index (κ1) is 19.7. The summed E-state index contributed by atoms with van der Waals surface area (Å²) in [6.07, 6.45) is 3.60. The van der Waals surface area contributed by atoms with Crippen molar-refractivity contribution < 1.29 is 14.6 Å². The lowest BCUT2D eigenvalue weighted by Crippen LogP contribution is -2.25. The van der Waals surface area contributed by atoms with Gasteiger partial charge < -0.3 is 20.3 Å². The number of anilines is 1. The molecule has 2 radical (unpaired) electrons. The average molecular weight is 395 g/mol. The van der Waals surface area contributed by atoms with Crippen LogP contribution in [0.5, 0.6) is 0 Å². The Morgan fingerprint density at radius 1 is 1.46 bits per heavy atom. The first-order valence-electron chi connectivity index (χ1n) is 8.29. The summed E-state index contributed by atoms with van der Waals surface area (Å²) in [5.41, 5.74) is 7.02. The molecule has 1 aliphatic heterocycles. The van der Waals surface area contributed by atoms with Crippen LogP contribution in [-0.2, 0) is 9.47 Å². The number of hydrogen-bond donors (Lipinski definition) is 2. The number of aromatic nitrogens is 4. The quantitative estimate of drug-likeness (QED) is 0.299. The molecule has 0 bridgehead atoms. The zero-order valence-corrected chi connectivity index (χ0v) is 16.4. The Balaban J connectivity index is 1.67. The zero-order chi connectivity index (χ0) is 18.7. The number of aliphatic hydroxyl groups excluding tert-OH is 1. The molecule has 3 heterocycles. The van der Waals surface area contributed by atoms with Crippen LogP contribution in [0, 0.1) is 0 Å². The number of nitrogen functional groups attached to an aromatic ring is 1. The number of ether oxygens (including phenoxy) is 2. The summed E-state index contributed by atoms with van der Waals surface area (Å²) in [6, 6.07) is 0. The van der Waals surface area contributed by atoms with Gasteiger partial charge in [-0.15, -0.1) is 0 Å². The van der Waals surface area contributed by atoms with Gasteiger partial charge in [0.25, 0.3) is 0 Å². The summed E-state index contributed by atoms with van der Waals surface area (Å²) in [4.78, 5) is 12.5. The van der Waals surface area contributed by atoms with Crippen LogP contribution in [0.4, 0.5) is 5.82 Å². The molecule has 0 aliphatic carbocycles. The van der Waals surface area contributed by atoms with Crippen LogP contribution >= 0.6 is 21.6 Å². The van der Waals surface area contributed by atoms with Crippen molar-refractivity contribution in [2.45, 2.75) is 49.8 Å². The molecule has 0 saturated carbocycles. The van der Waals surface area contributed by atoms with Crippen LogP contribution < -0.4 is 5.73 Å². The van der Waals surface area contributed by atoms with Gasteiger partial charge in [0, 0.05) is 13.0 Å². The maximum Gasteiger partial charge on any atom is 0.167 e. The van der Waals surface area contributed by atoms with Crippen molar-refractivity contribution in [2.75, 3.05) is 18.3 Å². The van der Waals surface area contributed by atoms with Gasteiger partial charge in [-0.2, -0.15) is 0 Å². The smallest absolute Gasteiger partial charge is 0.167 e. The summed E-state index contributed by atoms with van der Waals surface area (Å²) < 4.78 is 13.6. The zero-order valence-electron chi connectivity index (χ0n) is 14.7. The molecule has 2 aromatic rings. The van der Waals surface area contributed by atoms with Gasteiger partial charge in [-0.1, -0.05) is 35.4 Å². The standard InChI is InChI=1S/C15H22BN5O3S2/c1-15(2,16)26-25-8-23-10-5-11(24-9(10)3-4-22)21-7-20-12-13(17)18-6-19-14(12)21/h6-7,9-11,22H,3-5,8H2,1-2H3,(H2,17,18,19)/t9?,10-,11-/m1/s1. The van der Waals surface area contributed by atoms with Crippen molar-refractivity contribution in [3.8, 4) is 0 Å². The minimum absolute atomic E-state index is 0.0365. The van der Waals surface area contributed by atoms with Crippen molar-refractivity contribution >= 4 is 46.4 Å². The maximum absolute atomic E-state index is 9.33. The molecule has 1 saturated heterocycles. The molecule has 1 unspecified atom stereocenters. The lowest BCUT2D eigenvalue weighted by atomic mass is 9.91. The van der Waals surface area contributed by atoms with E-state index >= 15 is 0 Å². The third-order valence-electron chi connectivity index (χ3n) is 3.90. The highest BCUT2D eigenvalue weighted by molar-refractivity contribution is 8.77. The molecule has 3 atom stereocenters. The third-order valence-corrected chi connectivity index (χ3v) is 6.61. The molecular weight excluding hydrogens is 373 g/mol. The topological polar surface area (TPSA) is 108 Å². The molecule has 1 fully saturated rings. The van der Waals surface area contributed by atoms with Crippen LogP contribution in [0.15, 0.2) is 12.7 Å². The van der Waals surface area contributed by atoms with E-state index in [0.29, 0.717) is 35.8 Å². The number of rotatable bonds is 8. The van der Waals surface area contributed by atoms with Gasteiger partial charge in [0.05, 0.1) is 26.4 Å². The van der Waals surface area contributed by atoms with E-state index in [0.717, 1.165) is 0 Å². The number of fused-ring (bicyclic) bond motifs is 1. The normalized spacial score (nSPS) is 23.7. The van der Waals surface area contributed by atoms with E-state index in [1.807, 2.05) is 18.4 Å². The van der Waals surface area contributed by atoms with E-state index in [2.05, 4.69) is 15.0 Å². The summed E-state index contributed by atoms with van der Waals surface area (Å²) in [6.45, 7) is 3.94. The number of aliphatic hydroxyl groups is 1. The summed E-state index contributed by atoms with van der Waals surface area (Å²) in [7, 11) is 9.08. The van der Waals surface area contributed by atoms with Gasteiger partial charge in [-0.3, -0.25) is 4.57 Å². The molecule has 0 amide bonds. The first-order chi connectivity index (χ1) is 12.4. The average Bonchev–Trinajstić information content (AvgIpc) is 3.16. The Labute approximate surface area is 161 Å². The molecule has 0 spiro atoms. The number of hydrogen-bond acceptors (Lipinski definition) is 9. The van der Waals surface area contributed by atoms with E-state index in [-0.39, 0.29) is 29.7 Å². The minimum Gasteiger partial charge on any atom is -0.396 e. The molecule has 140 valence electrons. The fraction of sp³-hybridized carbons (Fsp3) is 0.667. The number of imidazole rings is 1. The van der Waals surface area contributed by atoms with E-state index in [4.69, 9.17) is 23.1 Å². The lowest BCUT2D eigenvalue weighted by Gasteiger charge is -2.20. The van der Waals surface area contributed by atoms with Gasteiger partial charge >= 0.3 is 0 Å². The first-order valence-corrected chi connectivity index (χ1v) is 10.6. The second kappa shape index (κ2) is 8.34. The Bertz CT molecular complexity index is 742. The third kappa shape index (κ3) is 4.63. The highest BCUT2D eigenvalue weighted by Gasteiger charge is 2.37. The van der Waals surface area contributed by atoms with E-state index in [1.54, 1.807) is 27.9 Å². The van der Waals surface area contributed by atoms with Crippen molar-refractivity contribution in [2.24, 2.45) is 0 Å². The van der Waals surface area contributed by atoms with Crippen LogP contribution in [0.25, 0.3) is 11.2 Å². The fourth-order valence-corrected chi connectivity index (χ4v) is 4.61. The second-order valence-corrected chi connectivity index (χ2v) is 9.49. The van der Waals surface area contributed by atoms with E-state index in [9.17, 15) is 5.11 Å². The molecule has 8 nitrogen and oxygen atoms in total. The predicted molar refractivity (Wildman–Crippen MR) is 105 cm³/mol. The second-order valence-electron chi connectivity index (χ2n) is 6.59. The molecular formula is C15H22BN5O3S2. The molecule has 26 heavy (non-hydrogen) atoms. The van der Waals surface area contributed by atoms with Crippen LogP contribution in [0.2, 0.25) is 0 Å². The van der Waals surface area contributed by atoms with Crippen molar-refractivity contribution in [1.82, 2.24) is 19.5 Å². The van der Waals surface area contributed by atoms with E-state index in [1.165, 1.54) is 6.33 Å². The monoisotopic (exact) mass is 395 g/mol. The molecule has 0 aromatic carbocycles. The summed E-state index contributed by atoms with van der Waals surface area (Å²) >= 11 is 0. The molecule has 11 heteroatoms. The number of nitrogens with two attached hydrogens (primary N) is 1. The van der Waals surface area contributed by atoms with Gasteiger partial charge in [0.1, 0.15) is 24.0 Å². The van der Waals surface area contributed by atoms with Crippen LogP contribution in [0.3, 0.4) is 0 Å². The fourth-order valence-electron chi connectivity index (χ4n) is 2.80. The van der Waals surface area contributed by atoms with Crippen LogP contribution in [0.1, 0.15) is 32.9 Å². The Morgan fingerprint density at radius 3 is 3.00 bits per heavy atom. The minimum atomic E-state index is -0.317. The van der Waals surface area contributed by atoms with Crippen molar-refractivity contribution in [3.63, 3.8) is 0 Å². The molecule has 3 rings (SSSR count). The molecule has 2 aromatic heterocycles. The summed E-state index contributed by atoms with van der Waals surface area (Å²) in [5.74, 6) is 0.831. The largest absolute Gasteiger partial charge is 0.396 e. The van der Waals surface area contributed by atoms with Gasteiger partial charge in [0.15, 0.2) is 11.5 Å². The van der Waals surface area contributed by atoms with Gasteiger partial charge in [-0.25, -0.2) is 15.0 Å². The Morgan fingerprint density at radius 2 is 2.27 bits per heavy atom. The van der Waals surface area contributed by atoms with Gasteiger partial charge in [-0.05, 0) is 11.1 Å². The summed E-state index contributed by atoms with van der Waals surface area (Å²) in [5, 5.41) is 9.33. The van der Waals surface area contributed by atoms with Crippen molar-refractivity contribution in [3.05, 3.63) is 12.7 Å². The maximum atomic E-state index is 9.33. The highest BCUT2D eigenvalue weighted by atomic mass is 33.1. The Hall–Kier alpha value is -1.01. The molecule has 1 aliphatic rings. The molecule has 3 N–H and O–H groups in total. The SMILES string of the molecule is [B]C(C)(C)SSCO[C@@H]1C[C@H](n2cnc3c(N)ncnc32)OC1CCO. The van der Waals surface area contributed by atoms with Crippen molar-refractivity contribution in [1.29, 1.82) is 0 Å². The predicted octanol–water partition coefficient (Wildman–Crippen LogP) is 1.71. The van der Waals surface area contributed by atoms with Crippen LogP contribution in [-0.4, -0.2) is 61.9 Å². The Kier molecular flexibility index (Phi) is 6.34. The highest BCUT2D eigenvalue weighted by Crippen LogP contribution is 2.37. The van der Waals surface area contributed by atoms with Gasteiger partial charge in [0.2, 0.25) is 0 Å². The van der Waals surface area contributed by atoms with E-state index < -0.39 is 0 Å². The lowest BCUT2D eigenvalue weighted by molar-refractivity contribution is -0.0383.